The van der Waals surface area contributed by atoms with E-state index < -0.39 is 0 Å². The highest BCUT2D eigenvalue weighted by Crippen LogP contribution is 2.28. The first-order valence-corrected chi connectivity index (χ1v) is 6.56. The van der Waals surface area contributed by atoms with Gasteiger partial charge in [-0.05, 0) is 46.7 Å². The Kier molecular flexibility index (Phi) is 2.86. The zero-order valence-corrected chi connectivity index (χ0v) is 10.5. The summed E-state index contributed by atoms with van der Waals surface area (Å²) >= 11 is 1.67. The number of anilines is 1. The van der Waals surface area contributed by atoms with Crippen LogP contribution in [-0.4, -0.2) is 4.98 Å². The monoisotopic (exact) mass is 256 g/mol. The van der Waals surface area contributed by atoms with Crippen molar-refractivity contribution in [1.82, 2.24) is 4.98 Å². The fourth-order valence-electron chi connectivity index (χ4n) is 1.83. The van der Waals surface area contributed by atoms with Crippen LogP contribution in [0.2, 0.25) is 0 Å². The van der Waals surface area contributed by atoms with Crippen molar-refractivity contribution < 1.29 is 4.74 Å². The van der Waals surface area contributed by atoms with Gasteiger partial charge in [0.1, 0.15) is 12.4 Å². The Labute approximate surface area is 109 Å². The average Bonchev–Trinajstić information content (AvgIpc) is 2.92. The molecule has 0 amide bonds. The quantitative estimate of drug-likeness (QED) is 0.730. The molecule has 18 heavy (non-hydrogen) atoms. The van der Waals surface area contributed by atoms with E-state index >= 15 is 0 Å². The fourth-order valence-corrected chi connectivity index (χ4v) is 2.48. The summed E-state index contributed by atoms with van der Waals surface area (Å²) in [7, 11) is 0. The molecule has 0 saturated heterocycles. The minimum absolute atomic E-state index is 0.567. The summed E-state index contributed by atoms with van der Waals surface area (Å²) in [6, 6.07) is 9.65. The second-order valence-electron chi connectivity index (χ2n) is 3.97. The molecule has 0 bridgehead atoms. The topological polar surface area (TPSA) is 48.1 Å². The maximum atomic E-state index is 5.90. The number of hydrogen-bond acceptors (Lipinski definition) is 4. The SMILES string of the molecule is Nc1ccc(OCc2ccsc2)c2cccnc12. The average molecular weight is 256 g/mol. The van der Waals surface area contributed by atoms with Crippen molar-refractivity contribution in [2.24, 2.45) is 0 Å². The number of aromatic nitrogens is 1. The molecule has 0 spiro atoms. The highest BCUT2D eigenvalue weighted by molar-refractivity contribution is 7.07. The molecule has 4 heteroatoms. The predicted molar refractivity (Wildman–Crippen MR) is 74.8 cm³/mol. The van der Waals surface area contributed by atoms with Gasteiger partial charge < -0.3 is 10.5 Å². The van der Waals surface area contributed by atoms with Gasteiger partial charge in [0.25, 0.3) is 0 Å². The standard InChI is InChI=1S/C14H12N2OS/c15-12-3-4-13(11-2-1-6-16-14(11)12)17-8-10-5-7-18-9-10/h1-7,9H,8,15H2. The Bertz CT molecular complexity index is 665. The molecule has 1 aromatic carbocycles. The van der Waals surface area contributed by atoms with E-state index in [-0.39, 0.29) is 0 Å². The van der Waals surface area contributed by atoms with Gasteiger partial charge >= 0.3 is 0 Å². The molecule has 0 aliphatic heterocycles. The second kappa shape index (κ2) is 4.66. The smallest absolute Gasteiger partial charge is 0.129 e. The Morgan fingerprint density at radius 3 is 3.00 bits per heavy atom. The second-order valence-corrected chi connectivity index (χ2v) is 4.75. The van der Waals surface area contributed by atoms with Crippen molar-refractivity contribution in [1.29, 1.82) is 0 Å². The molecule has 0 aliphatic carbocycles. The van der Waals surface area contributed by atoms with Crippen LogP contribution in [0.3, 0.4) is 0 Å². The van der Waals surface area contributed by atoms with E-state index in [1.165, 1.54) is 5.56 Å². The van der Waals surface area contributed by atoms with Gasteiger partial charge in [0.15, 0.2) is 0 Å². The van der Waals surface area contributed by atoms with Crippen LogP contribution in [0, 0.1) is 0 Å². The molecule has 2 heterocycles. The van der Waals surface area contributed by atoms with Gasteiger partial charge in [-0.3, -0.25) is 4.98 Å². The van der Waals surface area contributed by atoms with Gasteiger partial charge in [-0.15, -0.1) is 0 Å². The Balaban J connectivity index is 1.94. The van der Waals surface area contributed by atoms with Crippen LogP contribution in [0.15, 0.2) is 47.3 Å². The van der Waals surface area contributed by atoms with Crippen LogP contribution in [0.4, 0.5) is 5.69 Å². The molecule has 0 saturated carbocycles. The van der Waals surface area contributed by atoms with Gasteiger partial charge in [0, 0.05) is 11.6 Å². The van der Waals surface area contributed by atoms with E-state index in [1.54, 1.807) is 17.5 Å². The van der Waals surface area contributed by atoms with Crippen LogP contribution >= 0.6 is 11.3 Å². The van der Waals surface area contributed by atoms with E-state index in [0.717, 1.165) is 16.7 Å². The zero-order chi connectivity index (χ0) is 12.4. The lowest BCUT2D eigenvalue weighted by atomic mass is 10.2. The van der Waals surface area contributed by atoms with Crippen LogP contribution in [0.5, 0.6) is 5.75 Å². The molecule has 3 aromatic rings. The third-order valence-corrected chi connectivity index (χ3v) is 3.47. The third-order valence-electron chi connectivity index (χ3n) is 2.74. The Morgan fingerprint density at radius 2 is 2.17 bits per heavy atom. The van der Waals surface area contributed by atoms with Crippen molar-refractivity contribution in [2.75, 3.05) is 5.73 Å². The van der Waals surface area contributed by atoms with E-state index in [1.807, 2.05) is 29.6 Å². The van der Waals surface area contributed by atoms with Crippen molar-refractivity contribution >= 4 is 27.9 Å². The predicted octanol–water partition coefficient (Wildman–Crippen LogP) is 3.46. The summed E-state index contributed by atoms with van der Waals surface area (Å²) in [5.41, 5.74) is 8.54. The molecule has 0 unspecified atom stereocenters. The minimum Gasteiger partial charge on any atom is -0.488 e. The zero-order valence-electron chi connectivity index (χ0n) is 9.67. The molecular formula is C14H12N2OS. The van der Waals surface area contributed by atoms with E-state index in [9.17, 15) is 0 Å². The van der Waals surface area contributed by atoms with E-state index in [4.69, 9.17) is 10.5 Å². The van der Waals surface area contributed by atoms with Gasteiger partial charge in [-0.1, -0.05) is 0 Å². The lowest BCUT2D eigenvalue weighted by Gasteiger charge is -2.09. The van der Waals surface area contributed by atoms with Gasteiger partial charge in [0.2, 0.25) is 0 Å². The number of ether oxygens (including phenoxy) is 1. The van der Waals surface area contributed by atoms with Crippen LogP contribution in [0.25, 0.3) is 10.9 Å². The number of rotatable bonds is 3. The first-order valence-electron chi connectivity index (χ1n) is 5.61. The number of thiophene rings is 1. The summed E-state index contributed by atoms with van der Waals surface area (Å²) < 4.78 is 5.83. The molecule has 0 fully saturated rings. The molecule has 3 nitrogen and oxygen atoms in total. The number of fused-ring (bicyclic) bond motifs is 1. The molecule has 2 N–H and O–H groups in total. The van der Waals surface area contributed by atoms with Crippen LogP contribution in [0.1, 0.15) is 5.56 Å². The lowest BCUT2D eigenvalue weighted by molar-refractivity contribution is 0.310. The summed E-state index contributed by atoms with van der Waals surface area (Å²) in [6.07, 6.45) is 1.74. The Hall–Kier alpha value is -2.07. The highest BCUT2D eigenvalue weighted by atomic mass is 32.1. The van der Waals surface area contributed by atoms with Gasteiger partial charge in [0.05, 0.1) is 11.2 Å². The van der Waals surface area contributed by atoms with Gasteiger partial charge in [-0.25, -0.2) is 0 Å². The normalized spacial score (nSPS) is 10.7. The van der Waals surface area contributed by atoms with Crippen LogP contribution < -0.4 is 10.5 Å². The van der Waals surface area contributed by atoms with Crippen molar-refractivity contribution in [3.63, 3.8) is 0 Å². The Morgan fingerprint density at radius 1 is 1.22 bits per heavy atom. The number of benzene rings is 1. The molecule has 0 aliphatic rings. The number of pyridine rings is 1. The number of hydrogen-bond donors (Lipinski definition) is 1. The molecule has 90 valence electrons. The molecule has 3 rings (SSSR count). The number of nitrogens with two attached hydrogens (primary N) is 1. The summed E-state index contributed by atoms with van der Waals surface area (Å²) in [6.45, 7) is 0.567. The first-order chi connectivity index (χ1) is 8.84. The molecule has 0 radical (unpaired) electrons. The van der Waals surface area contributed by atoms with Gasteiger partial charge in [-0.2, -0.15) is 11.3 Å². The molecule has 2 aromatic heterocycles. The van der Waals surface area contributed by atoms with Crippen molar-refractivity contribution in [3.05, 3.63) is 52.9 Å². The first kappa shape index (κ1) is 11.0. The maximum absolute atomic E-state index is 5.90. The van der Waals surface area contributed by atoms with E-state index in [0.29, 0.717) is 12.3 Å². The van der Waals surface area contributed by atoms with Crippen molar-refractivity contribution in [3.8, 4) is 5.75 Å². The molecular weight excluding hydrogens is 244 g/mol. The molecule has 0 atom stereocenters. The number of nitrogens with zero attached hydrogens (tertiary/aromatic N) is 1. The summed E-state index contributed by atoms with van der Waals surface area (Å²) in [4.78, 5) is 4.28. The number of nitrogen functional groups attached to an aromatic ring is 1. The summed E-state index contributed by atoms with van der Waals surface area (Å²) in [5.74, 6) is 0.818. The lowest BCUT2D eigenvalue weighted by Crippen LogP contribution is -1.96. The van der Waals surface area contributed by atoms with Crippen molar-refractivity contribution in [2.45, 2.75) is 6.61 Å². The van der Waals surface area contributed by atoms with Crippen LogP contribution in [-0.2, 0) is 6.61 Å². The highest BCUT2D eigenvalue weighted by Gasteiger charge is 2.06. The summed E-state index contributed by atoms with van der Waals surface area (Å²) in [5, 5.41) is 5.08. The fraction of sp³-hybridized carbons (Fsp3) is 0.0714. The third kappa shape index (κ3) is 2.02. The van der Waals surface area contributed by atoms with E-state index in [2.05, 4.69) is 16.4 Å². The minimum atomic E-state index is 0.567. The largest absolute Gasteiger partial charge is 0.488 e. The maximum Gasteiger partial charge on any atom is 0.129 e.